The first-order valence-corrected chi connectivity index (χ1v) is 20.3. The summed E-state index contributed by atoms with van der Waals surface area (Å²) >= 11 is 0. The fourth-order valence-corrected chi connectivity index (χ4v) is 7.75. The zero-order valence-corrected chi connectivity index (χ0v) is 33.5. The Morgan fingerprint density at radius 3 is 0.758 bits per heavy atom. The van der Waals surface area contributed by atoms with E-state index in [1.165, 1.54) is 0 Å². The van der Waals surface area contributed by atoms with Gasteiger partial charge >= 0.3 is 0 Å². The van der Waals surface area contributed by atoms with Crippen molar-refractivity contribution in [1.82, 2.24) is 0 Å². The van der Waals surface area contributed by atoms with Gasteiger partial charge in [-0.2, -0.15) is 0 Å². The highest BCUT2D eigenvalue weighted by molar-refractivity contribution is 5.83. The molecule has 0 spiro atoms. The number of anilines is 6. The zero-order chi connectivity index (χ0) is 50.2. The van der Waals surface area contributed by atoms with Gasteiger partial charge in [-0.05, 0) is 140 Å². The highest BCUT2D eigenvalue weighted by Gasteiger charge is 2.15. The van der Waals surface area contributed by atoms with Crippen LogP contribution < -0.4 is 9.80 Å². The Bertz CT molecular complexity index is 3310. The standard InChI is InChI=1S/C60H44N2/c1-5-15-45(16-6-1)47-27-35-57(36-28-47)61(55-23-9-3-10-24-55)59-39-31-49(32-40-59)51-19-13-21-53(43-51)54-22-14-20-52(44-54)50-33-41-60(42-34-50)62(56-25-11-4-12-26-56)58-37-29-48(30-38-58)46-17-7-2-8-18-46/h1-44H/i3D,4D,9D,10D,11D,12D,23D,24D,25D,26D. The van der Waals surface area contributed by atoms with E-state index in [0.29, 0.717) is 22.7 Å². The Morgan fingerprint density at radius 1 is 0.210 bits per heavy atom. The van der Waals surface area contributed by atoms with Crippen molar-refractivity contribution in [3.05, 3.63) is 267 Å². The van der Waals surface area contributed by atoms with Crippen LogP contribution in [0.4, 0.5) is 34.1 Å². The van der Waals surface area contributed by atoms with E-state index in [4.69, 9.17) is 13.7 Å². The maximum absolute atomic E-state index is 8.90. The average molecular weight is 803 g/mol. The lowest BCUT2D eigenvalue weighted by atomic mass is 9.96. The van der Waals surface area contributed by atoms with Crippen LogP contribution in [0, 0.1) is 0 Å². The van der Waals surface area contributed by atoms with Crippen LogP contribution in [-0.4, -0.2) is 0 Å². The van der Waals surface area contributed by atoms with Gasteiger partial charge in [0.15, 0.2) is 0 Å². The molecule has 0 aliphatic carbocycles. The number of nitrogens with zero attached hydrogens (tertiary/aromatic N) is 2. The Hall–Kier alpha value is -8.20. The van der Waals surface area contributed by atoms with Gasteiger partial charge in [0.1, 0.15) is 0 Å². The molecule has 0 saturated heterocycles. The van der Waals surface area contributed by atoms with Crippen LogP contribution in [0.3, 0.4) is 0 Å². The Balaban J connectivity index is 0.956. The third-order valence-electron chi connectivity index (χ3n) is 10.9. The minimum atomic E-state index is -0.453. The first-order chi connectivity index (χ1) is 34.9. The molecule has 0 bridgehead atoms. The van der Waals surface area contributed by atoms with Gasteiger partial charge in [0.05, 0.1) is 13.7 Å². The van der Waals surface area contributed by atoms with Crippen LogP contribution in [0.15, 0.2) is 267 Å². The van der Waals surface area contributed by atoms with E-state index in [0.717, 1.165) is 55.6 Å². The molecule has 0 amide bonds. The third kappa shape index (κ3) is 8.18. The first-order valence-electron chi connectivity index (χ1n) is 25.3. The van der Waals surface area contributed by atoms with E-state index in [9.17, 15) is 0 Å². The average Bonchev–Trinajstić information content (AvgIpc) is 3.44. The summed E-state index contributed by atoms with van der Waals surface area (Å²) in [5, 5.41) is 0. The van der Waals surface area contributed by atoms with Gasteiger partial charge in [-0.15, -0.1) is 0 Å². The van der Waals surface area contributed by atoms with Gasteiger partial charge in [-0.1, -0.05) is 182 Å². The normalized spacial score (nSPS) is 13.2. The molecule has 2 heteroatoms. The molecule has 0 heterocycles. The maximum atomic E-state index is 8.90. The van der Waals surface area contributed by atoms with E-state index >= 15 is 0 Å². The number of hydrogen-bond donors (Lipinski definition) is 0. The predicted octanol–water partition coefficient (Wildman–Crippen LogP) is 17.0. The molecular weight excluding hydrogens is 749 g/mol. The molecule has 0 aliphatic heterocycles. The van der Waals surface area contributed by atoms with Gasteiger partial charge in [0.2, 0.25) is 0 Å². The molecular formula is C60H44N2. The van der Waals surface area contributed by atoms with Crippen LogP contribution >= 0.6 is 0 Å². The van der Waals surface area contributed by atoms with E-state index in [1.54, 1.807) is 9.80 Å². The van der Waals surface area contributed by atoms with Crippen LogP contribution in [0.1, 0.15) is 13.7 Å². The van der Waals surface area contributed by atoms with Crippen molar-refractivity contribution >= 4 is 34.1 Å². The second kappa shape index (κ2) is 17.6. The van der Waals surface area contributed by atoms with Crippen LogP contribution in [-0.2, 0) is 0 Å². The topological polar surface area (TPSA) is 6.48 Å². The van der Waals surface area contributed by atoms with Gasteiger partial charge in [-0.25, -0.2) is 0 Å². The second-order valence-corrected chi connectivity index (χ2v) is 14.7. The van der Waals surface area contributed by atoms with Crippen molar-refractivity contribution < 1.29 is 13.7 Å². The van der Waals surface area contributed by atoms with E-state index in [1.807, 2.05) is 182 Å². The quantitative estimate of drug-likeness (QED) is 0.129. The second-order valence-electron chi connectivity index (χ2n) is 14.7. The van der Waals surface area contributed by atoms with Crippen molar-refractivity contribution in [3.8, 4) is 55.6 Å². The molecule has 62 heavy (non-hydrogen) atoms. The van der Waals surface area contributed by atoms with E-state index < -0.39 is 36.3 Å². The summed E-state index contributed by atoms with van der Waals surface area (Å²) < 4.78 is 86.0. The molecule has 294 valence electrons. The number of rotatable bonds is 11. The molecule has 0 fully saturated rings. The molecule has 10 aromatic rings. The van der Waals surface area contributed by atoms with Crippen LogP contribution in [0.25, 0.3) is 55.6 Å². The van der Waals surface area contributed by atoms with Gasteiger partial charge < -0.3 is 9.80 Å². The van der Waals surface area contributed by atoms with E-state index in [2.05, 4.69) is 24.3 Å². The van der Waals surface area contributed by atoms with Gasteiger partial charge in [0.25, 0.3) is 0 Å². The summed E-state index contributed by atoms with van der Waals surface area (Å²) in [6.07, 6.45) is 0. The highest BCUT2D eigenvalue weighted by atomic mass is 15.1. The molecule has 0 unspecified atom stereocenters. The Labute approximate surface area is 379 Å². The van der Waals surface area contributed by atoms with Gasteiger partial charge in [-0.3, -0.25) is 0 Å². The third-order valence-corrected chi connectivity index (χ3v) is 10.9. The van der Waals surface area contributed by atoms with Crippen molar-refractivity contribution in [1.29, 1.82) is 0 Å². The Morgan fingerprint density at radius 2 is 0.452 bits per heavy atom. The summed E-state index contributed by atoms with van der Waals surface area (Å²) in [6, 6.07) is 63.5. The molecule has 10 aromatic carbocycles. The highest BCUT2D eigenvalue weighted by Crippen LogP contribution is 2.39. The maximum Gasteiger partial charge on any atom is 0.0645 e. The largest absolute Gasteiger partial charge is 0.311 e. The monoisotopic (exact) mass is 802 g/mol. The lowest BCUT2D eigenvalue weighted by Crippen LogP contribution is -2.09. The predicted molar refractivity (Wildman–Crippen MR) is 263 cm³/mol. The molecule has 0 aromatic heterocycles. The summed E-state index contributed by atoms with van der Waals surface area (Å²) in [6.45, 7) is 0. The summed E-state index contributed by atoms with van der Waals surface area (Å²) in [4.78, 5) is 3.42. The molecule has 0 radical (unpaired) electrons. The Kier molecular flexibility index (Phi) is 8.02. The van der Waals surface area contributed by atoms with Crippen molar-refractivity contribution in [2.75, 3.05) is 9.80 Å². The number of benzene rings is 10. The molecule has 0 saturated carbocycles. The lowest BCUT2D eigenvalue weighted by molar-refractivity contribution is 1.28. The van der Waals surface area contributed by atoms with Crippen molar-refractivity contribution in [3.63, 3.8) is 0 Å². The molecule has 10 rings (SSSR count). The summed E-state index contributed by atoms with van der Waals surface area (Å²) in [7, 11) is 0. The smallest absolute Gasteiger partial charge is 0.0645 e. The minimum Gasteiger partial charge on any atom is -0.311 e. The van der Waals surface area contributed by atoms with E-state index in [-0.39, 0.29) is 35.5 Å². The molecule has 0 N–H and O–H groups in total. The minimum absolute atomic E-state index is 0.0536. The number of hydrogen-bond acceptors (Lipinski definition) is 2. The summed E-state index contributed by atoms with van der Waals surface area (Å²) in [5.41, 5.74) is 12.4. The SMILES string of the molecule is [2H]c1c([2H])c([2H])c(N(c2ccc(-c3ccccc3)cc2)c2ccc(-c3cccc(-c4cccc(-c5ccc(N(c6ccc(-c7ccccc7)cc6)c6c([2H])c([2H])c([2H])c([2H])c6[2H])cc5)c4)c3)cc2)c([2H])c1[2H]. The first kappa shape index (κ1) is 28.3. The number of para-hydroxylation sites is 2. The summed E-state index contributed by atoms with van der Waals surface area (Å²) in [5.74, 6) is 0. The molecule has 0 aliphatic rings. The zero-order valence-electron chi connectivity index (χ0n) is 43.5. The molecule has 0 atom stereocenters. The lowest BCUT2D eigenvalue weighted by Gasteiger charge is -2.26. The van der Waals surface area contributed by atoms with Crippen LogP contribution in [0.5, 0.6) is 0 Å². The van der Waals surface area contributed by atoms with Crippen LogP contribution in [0.2, 0.25) is 0 Å². The molecule has 2 nitrogen and oxygen atoms in total. The van der Waals surface area contributed by atoms with Crippen molar-refractivity contribution in [2.45, 2.75) is 0 Å². The fraction of sp³-hybridized carbons (Fsp3) is 0. The fourth-order valence-electron chi connectivity index (χ4n) is 7.75. The van der Waals surface area contributed by atoms with Crippen molar-refractivity contribution in [2.24, 2.45) is 0 Å². The van der Waals surface area contributed by atoms with Gasteiger partial charge in [0, 0.05) is 34.1 Å².